The summed E-state index contributed by atoms with van der Waals surface area (Å²) in [4.78, 5) is 5.40. The molecular weight excluding hydrogens is 332 g/mol. The number of halogens is 1. The van der Waals surface area contributed by atoms with Gasteiger partial charge in [0.15, 0.2) is 5.13 Å². The van der Waals surface area contributed by atoms with Crippen molar-refractivity contribution >= 4 is 38.1 Å². The highest BCUT2D eigenvalue weighted by Gasteiger charge is 2.23. The smallest absolute Gasteiger partial charge is 0.265 e. The lowest BCUT2D eigenvalue weighted by Crippen LogP contribution is -2.13. The van der Waals surface area contributed by atoms with E-state index >= 15 is 0 Å². The van der Waals surface area contributed by atoms with Crippen molar-refractivity contribution in [2.24, 2.45) is 0 Å². The minimum Gasteiger partial charge on any atom is -0.392 e. The number of rotatable bonds is 4. The third-order valence-electron chi connectivity index (χ3n) is 3.29. The number of sulfonamides is 1. The molecule has 112 valence electrons. The fourth-order valence-corrected chi connectivity index (χ4v) is 5.09. The van der Waals surface area contributed by atoms with Crippen LogP contribution in [0.3, 0.4) is 0 Å². The standard InChI is InChI=1S/C13H13ClN2O3S2/c14-9-5-4-8(7-17)6-12(9)21(18,19)16-13-15-10-2-1-3-11(10)20-13/h4-6,17H,1-3,7H2,(H,15,16). The number of nitrogens with zero attached hydrogens (tertiary/aromatic N) is 1. The van der Waals surface area contributed by atoms with E-state index < -0.39 is 10.0 Å². The summed E-state index contributed by atoms with van der Waals surface area (Å²) in [5.41, 5.74) is 1.47. The number of hydrogen-bond donors (Lipinski definition) is 2. The number of aliphatic hydroxyl groups is 1. The van der Waals surface area contributed by atoms with Crippen LogP contribution >= 0.6 is 22.9 Å². The van der Waals surface area contributed by atoms with Crippen LogP contribution < -0.4 is 4.72 Å². The van der Waals surface area contributed by atoms with Crippen molar-refractivity contribution in [1.29, 1.82) is 0 Å². The number of thiazole rings is 1. The van der Waals surface area contributed by atoms with Crippen LogP contribution in [0.25, 0.3) is 0 Å². The van der Waals surface area contributed by atoms with E-state index in [0.717, 1.165) is 29.8 Å². The van der Waals surface area contributed by atoms with Crippen LogP contribution in [0, 0.1) is 0 Å². The van der Waals surface area contributed by atoms with Gasteiger partial charge >= 0.3 is 0 Å². The van der Waals surface area contributed by atoms with E-state index in [-0.39, 0.29) is 16.5 Å². The summed E-state index contributed by atoms with van der Waals surface area (Å²) in [6, 6.07) is 4.41. The normalized spacial score (nSPS) is 14.2. The van der Waals surface area contributed by atoms with Gasteiger partial charge < -0.3 is 5.11 Å². The third-order valence-corrected chi connectivity index (χ3v) is 6.31. The van der Waals surface area contributed by atoms with Gasteiger partial charge in [-0.1, -0.05) is 17.7 Å². The molecule has 1 heterocycles. The fourth-order valence-electron chi connectivity index (χ4n) is 2.26. The van der Waals surface area contributed by atoms with Gasteiger partial charge in [0.1, 0.15) is 4.90 Å². The zero-order valence-corrected chi connectivity index (χ0v) is 13.4. The Morgan fingerprint density at radius 2 is 2.19 bits per heavy atom. The van der Waals surface area contributed by atoms with E-state index in [9.17, 15) is 8.42 Å². The molecule has 0 saturated carbocycles. The van der Waals surface area contributed by atoms with Crippen LogP contribution in [0.1, 0.15) is 22.6 Å². The van der Waals surface area contributed by atoms with Gasteiger partial charge in [-0.15, -0.1) is 11.3 Å². The van der Waals surface area contributed by atoms with Gasteiger partial charge in [-0.25, -0.2) is 13.4 Å². The fraction of sp³-hybridized carbons (Fsp3) is 0.308. The lowest BCUT2D eigenvalue weighted by atomic mass is 10.2. The highest BCUT2D eigenvalue weighted by Crippen LogP contribution is 2.32. The van der Waals surface area contributed by atoms with Gasteiger partial charge in [0.05, 0.1) is 17.3 Å². The second-order valence-corrected chi connectivity index (χ2v) is 7.91. The first kappa shape index (κ1) is 14.8. The molecule has 2 aromatic rings. The molecule has 3 rings (SSSR count). The highest BCUT2D eigenvalue weighted by molar-refractivity contribution is 7.93. The molecule has 2 N–H and O–H groups in total. The molecule has 1 aromatic heterocycles. The SMILES string of the molecule is O=S(=O)(Nc1nc2c(s1)CCC2)c1cc(CO)ccc1Cl. The number of aryl methyl sites for hydroxylation is 2. The Morgan fingerprint density at radius 3 is 2.90 bits per heavy atom. The minimum absolute atomic E-state index is 0.0499. The first-order valence-electron chi connectivity index (χ1n) is 6.40. The molecule has 1 aromatic carbocycles. The molecule has 0 radical (unpaired) electrons. The predicted octanol–water partition coefficient (Wildman–Crippen LogP) is 2.58. The van der Waals surface area contributed by atoms with E-state index in [1.54, 1.807) is 6.07 Å². The Morgan fingerprint density at radius 1 is 1.38 bits per heavy atom. The molecule has 0 unspecified atom stereocenters. The molecule has 0 atom stereocenters. The summed E-state index contributed by atoms with van der Waals surface area (Å²) in [6.07, 6.45) is 2.93. The average molecular weight is 345 g/mol. The first-order valence-corrected chi connectivity index (χ1v) is 9.08. The predicted molar refractivity (Wildman–Crippen MR) is 82.3 cm³/mol. The molecule has 0 spiro atoms. The van der Waals surface area contributed by atoms with Gasteiger partial charge in [0, 0.05) is 4.88 Å². The van der Waals surface area contributed by atoms with Crippen LogP contribution in [-0.2, 0) is 29.5 Å². The van der Waals surface area contributed by atoms with E-state index in [4.69, 9.17) is 16.7 Å². The van der Waals surface area contributed by atoms with Crippen molar-refractivity contribution in [3.8, 4) is 0 Å². The summed E-state index contributed by atoms with van der Waals surface area (Å²) in [5.74, 6) is 0. The number of hydrogen-bond acceptors (Lipinski definition) is 5. The molecule has 0 bridgehead atoms. The lowest BCUT2D eigenvalue weighted by molar-refractivity contribution is 0.281. The van der Waals surface area contributed by atoms with Gasteiger partial charge in [0.25, 0.3) is 10.0 Å². The van der Waals surface area contributed by atoms with E-state index in [0.29, 0.717) is 10.7 Å². The van der Waals surface area contributed by atoms with Crippen LogP contribution in [0.4, 0.5) is 5.13 Å². The van der Waals surface area contributed by atoms with E-state index in [2.05, 4.69) is 9.71 Å². The molecule has 8 heteroatoms. The Labute approximate surface area is 131 Å². The van der Waals surface area contributed by atoms with E-state index in [1.165, 1.54) is 23.5 Å². The largest absolute Gasteiger partial charge is 0.392 e. The van der Waals surface area contributed by atoms with Crippen molar-refractivity contribution in [1.82, 2.24) is 4.98 Å². The molecule has 1 aliphatic carbocycles. The summed E-state index contributed by atoms with van der Waals surface area (Å²) in [5, 5.41) is 9.60. The molecule has 0 fully saturated rings. The number of benzene rings is 1. The van der Waals surface area contributed by atoms with Crippen LogP contribution in [-0.4, -0.2) is 18.5 Å². The number of anilines is 1. The topological polar surface area (TPSA) is 79.3 Å². The van der Waals surface area contributed by atoms with Gasteiger partial charge in [-0.05, 0) is 37.0 Å². The summed E-state index contributed by atoms with van der Waals surface area (Å²) < 4.78 is 27.3. The van der Waals surface area contributed by atoms with Crippen molar-refractivity contribution in [2.45, 2.75) is 30.8 Å². The average Bonchev–Trinajstić information content (AvgIpc) is 2.99. The second kappa shape index (κ2) is 5.57. The Bertz CT molecular complexity index is 765. The van der Waals surface area contributed by atoms with Gasteiger partial charge in [-0.3, -0.25) is 4.72 Å². The second-order valence-electron chi connectivity index (χ2n) is 4.77. The van der Waals surface area contributed by atoms with Crippen LogP contribution in [0.2, 0.25) is 5.02 Å². The molecule has 0 saturated heterocycles. The van der Waals surface area contributed by atoms with Gasteiger partial charge in [0.2, 0.25) is 0 Å². The lowest BCUT2D eigenvalue weighted by Gasteiger charge is -2.08. The molecule has 5 nitrogen and oxygen atoms in total. The third kappa shape index (κ3) is 2.91. The van der Waals surface area contributed by atoms with Gasteiger partial charge in [-0.2, -0.15) is 0 Å². The number of fused-ring (bicyclic) bond motifs is 1. The summed E-state index contributed by atoms with van der Waals surface area (Å²) >= 11 is 7.33. The number of aliphatic hydroxyl groups excluding tert-OH is 1. The molecule has 1 aliphatic rings. The van der Waals surface area contributed by atoms with Crippen molar-refractivity contribution in [3.05, 3.63) is 39.4 Å². The first-order chi connectivity index (χ1) is 9.99. The quantitative estimate of drug-likeness (QED) is 0.893. The Balaban J connectivity index is 1.92. The molecular formula is C13H13ClN2O3S2. The maximum absolute atomic E-state index is 12.4. The highest BCUT2D eigenvalue weighted by atomic mass is 35.5. The minimum atomic E-state index is -3.81. The monoisotopic (exact) mass is 344 g/mol. The zero-order valence-electron chi connectivity index (χ0n) is 11.0. The Hall–Kier alpha value is -1.15. The van der Waals surface area contributed by atoms with Crippen LogP contribution in [0.15, 0.2) is 23.1 Å². The van der Waals surface area contributed by atoms with Crippen LogP contribution in [0.5, 0.6) is 0 Å². The maximum atomic E-state index is 12.4. The molecule has 0 amide bonds. The molecule has 21 heavy (non-hydrogen) atoms. The maximum Gasteiger partial charge on any atom is 0.265 e. The number of aromatic nitrogens is 1. The molecule has 0 aliphatic heterocycles. The van der Waals surface area contributed by atoms with E-state index in [1.807, 2.05) is 0 Å². The number of nitrogens with one attached hydrogen (secondary N) is 1. The van der Waals surface area contributed by atoms with Crippen molar-refractivity contribution in [2.75, 3.05) is 4.72 Å². The van der Waals surface area contributed by atoms with Crippen molar-refractivity contribution < 1.29 is 13.5 Å². The summed E-state index contributed by atoms with van der Waals surface area (Å²) in [7, 11) is -3.81. The Kier molecular flexibility index (Phi) is 3.92. The van der Waals surface area contributed by atoms with Crippen molar-refractivity contribution in [3.63, 3.8) is 0 Å². The zero-order chi connectivity index (χ0) is 15.0. The summed E-state index contributed by atoms with van der Waals surface area (Å²) in [6.45, 7) is -0.245.